The highest BCUT2D eigenvalue weighted by atomic mass is 16.4. The van der Waals surface area contributed by atoms with Gasteiger partial charge in [0.25, 0.3) is 0 Å². The lowest BCUT2D eigenvalue weighted by Crippen LogP contribution is -2.21. The van der Waals surface area contributed by atoms with Crippen molar-refractivity contribution in [1.82, 2.24) is 0 Å². The van der Waals surface area contributed by atoms with E-state index in [-0.39, 0.29) is 5.92 Å². The van der Waals surface area contributed by atoms with Gasteiger partial charge in [0.15, 0.2) is 0 Å². The van der Waals surface area contributed by atoms with Gasteiger partial charge in [-0.05, 0) is 47.3 Å². The van der Waals surface area contributed by atoms with Gasteiger partial charge >= 0.3 is 11.9 Å². The van der Waals surface area contributed by atoms with Crippen LogP contribution in [0.1, 0.15) is 115 Å². The molecule has 2 atom stereocenters. The first kappa shape index (κ1) is 25.2. The molecule has 0 saturated heterocycles. The minimum absolute atomic E-state index is 0.141. The third-order valence-electron chi connectivity index (χ3n) is 5.66. The molecule has 1 rings (SSSR count). The van der Waals surface area contributed by atoms with Crippen molar-refractivity contribution in [3.8, 4) is 0 Å². The van der Waals surface area contributed by atoms with Gasteiger partial charge in [-0.15, -0.1) is 0 Å². The summed E-state index contributed by atoms with van der Waals surface area (Å²) in [6.07, 6.45) is 4.68. The van der Waals surface area contributed by atoms with Crippen molar-refractivity contribution in [3.63, 3.8) is 0 Å². The number of aliphatic carboxylic acids is 2. The number of carboxylic acids is 2. The Morgan fingerprint density at radius 3 is 1.59 bits per heavy atom. The van der Waals surface area contributed by atoms with Gasteiger partial charge in [0, 0.05) is 0 Å². The molecule has 0 aliphatic rings. The van der Waals surface area contributed by atoms with E-state index in [1.54, 1.807) is 0 Å². The molecule has 29 heavy (non-hydrogen) atoms. The molecule has 2 unspecified atom stereocenters. The van der Waals surface area contributed by atoms with Crippen molar-refractivity contribution in [2.45, 2.75) is 97.8 Å². The molecule has 2 N–H and O–H groups in total. The quantitative estimate of drug-likeness (QED) is 0.379. The lowest BCUT2D eigenvalue weighted by atomic mass is 9.78. The second kappa shape index (κ2) is 12.0. The van der Waals surface area contributed by atoms with Gasteiger partial charge in [-0.3, -0.25) is 9.59 Å². The third-order valence-corrected chi connectivity index (χ3v) is 5.66. The molecule has 164 valence electrons. The van der Waals surface area contributed by atoms with E-state index >= 15 is 0 Å². The van der Waals surface area contributed by atoms with Crippen molar-refractivity contribution in [1.29, 1.82) is 0 Å². The first-order valence-corrected chi connectivity index (χ1v) is 11.1. The van der Waals surface area contributed by atoms with E-state index in [1.807, 2.05) is 32.0 Å². The molecule has 1 aromatic carbocycles. The lowest BCUT2D eigenvalue weighted by Gasteiger charge is -2.26. The summed E-state index contributed by atoms with van der Waals surface area (Å²) < 4.78 is 0. The Labute approximate surface area is 176 Å². The fourth-order valence-corrected chi connectivity index (χ4v) is 4.08. The molecule has 0 aliphatic heterocycles. The maximum Gasteiger partial charge on any atom is 0.310 e. The lowest BCUT2D eigenvalue weighted by molar-refractivity contribution is -0.140. The van der Waals surface area contributed by atoms with Gasteiger partial charge in [0.2, 0.25) is 0 Å². The van der Waals surface area contributed by atoms with Crippen molar-refractivity contribution in [3.05, 3.63) is 34.9 Å². The number of carbonyl (C=O) groups is 2. The number of hydrogen-bond donors (Lipinski definition) is 2. The first-order chi connectivity index (χ1) is 13.6. The molecule has 0 amide bonds. The van der Waals surface area contributed by atoms with Gasteiger partial charge in [-0.1, -0.05) is 85.4 Å². The van der Waals surface area contributed by atoms with Crippen LogP contribution in [0.2, 0.25) is 0 Å². The summed E-state index contributed by atoms with van der Waals surface area (Å²) in [5.74, 6) is -1.84. The average molecular weight is 405 g/mol. The van der Waals surface area contributed by atoms with E-state index in [1.165, 1.54) is 0 Å². The topological polar surface area (TPSA) is 74.6 Å². The van der Waals surface area contributed by atoms with E-state index in [0.29, 0.717) is 30.2 Å². The number of benzene rings is 1. The van der Waals surface area contributed by atoms with Crippen LogP contribution in [0.5, 0.6) is 0 Å². The standard InChI is InChI=1S/C25H40O4/c1-16(2)10-7-14-21(24(26)27)20-13-9-12-19(18(5)6)23(20)22(25(28)29)15-8-11-17(3)4/h9,12-13,16-18,21-22H,7-8,10-11,14-15H2,1-6H3,(H,26,27)(H,28,29). The van der Waals surface area contributed by atoms with Gasteiger partial charge in [-0.2, -0.15) is 0 Å². The van der Waals surface area contributed by atoms with Crippen LogP contribution in [-0.2, 0) is 9.59 Å². The minimum Gasteiger partial charge on any atom is -0.481 e. The molecule has 0 fully saturated rings. The average Bonchev–Trinajstić information content (AvgIpc) is 2.61. The Bertz CT molecular complexity index is 661. The third kappa shape index (κ3) is 7.83. The Balaban J connectivity index is 3.39. The molecule has 4 heteroatoms. The predicted molar refractivity (Wildman–Crippen MR) is 119 cm³/mol. The van der Waals surface area contributed by atoms with Crippen LogP contribution in [0.4, 0.5) is 0 Å². The van der Waals surface area contributed by atoms with Crippen LogP contribution in [0.3, 0.4) is 0 Å². The largest absolute Gasteiger partial charge is 0.481 e. The van der Waals surface area contributed by atoms with Gasteiger partial charge < -0.3 is 10.2 Å². The zero-order valence-corrected chi connectivity index (χ0v) is 19.1. The van der Waals surface area contributed by atoms with Crippen LogP contribution < -0.4 is 0 Å². The molecule has 0 spiro atoms. The number of rotatable bonds is 13. The maximum absolute atomic E-state index is 12.3. The molecule has 0 aromatic heterocycles. The molecule has 4 nitrogen and oxygen atoms in total. The zero-order chi connectivity index (χ0) is 22.1. The van der Waals surface area contributed by atoms with E-state index in [0.717, 1.165) is 36.8 Å². The van der Waals surface area contributed by atoms with Crippen LogP contribution in [0.25, 0.3) is 0 Å². The summed E-state index contributed by atoms with van der Waals surface area (Å²) in [5.41, 5.74) is 2.41. The monoisotopic (exact) mass is 404 g/mol. The molecule has 0 saturated carbocycles. The van der Waals surface area contributed by atoms with E-state index in [9.17, 15) is 19.8 Å². The Hall–Kier alpha value is -1.84. The van der Waals surface area contributed by atoms with Crippen molar-refractivity contribution >= 4 is 11.9 Å². The summed E-state index contributed by atoms with van der Waals surface area (Å²) in [6.45, 7) is 12.6. The molecule has 0 radical (unpaired) electrons. The summed E-state index contributed by atoms with van der Waals surface area (Å²) in [5, 5.41) is 20.0. The molecule has 1 aromatic rings. The smallest absolute Gasteiger partial charge is 0.310 e. The molecule has 0 bridgehead atoms. The van der Waals surface area contributed by atoms with Crippen molar-refractivity contribution in [2.75, 3.05) is 0 Å². The predicted octanol–water partition coefficient (Wildman–Crippen LogP) is 6.80. The second-order valence-corrected chi connectivity index (χ2v) is 9.44. The normalized spacial score (nSPS) is 13.8. The summed E-state index contributed by atoms with van der Waals surface area (Å²) in [7, 11) is 0. The molecular formula is C25H40O4. The van der Waals surface area contributed by atoms with Gasteiger partial charge in [-0.25, -0.2) is 0 Å². The fourth-order valence-electron chi connectivity index (χ4n) is 4.08. The number of carboxylic acid groups (broad SMARTS) is 2. The molecule has 0 heterocycles. The van der Waals surface area contributed by atoms with E-state index < -0.39 is 23.8 Å². The summed E-state index contributed by atoms with van der Waals surface area (Å²) in [4.78, 5) is 24.4. The zero-order valence-electron chi connectivity index (χ0n) is 19.1. The molecular weight excluding hydrogens is 364 g/mol. The minimum atomic E-state index is -0.859. The van der Waals surface area contributed by atoms with Crippen molar-refractivity contribution < 1.29 is 19.8 Å². The van der Waals surface area contributed by atoms with Crippen LogP contribution in [0.15, 0.2) is 18.2 Å². The fraction of sp³-hybridized carbons (Fsp3) is 0.680. The SMILES string of the molecule is CC(C)CCCC(C(=O)O)c1cccc(C(C)C)c1C(CCCC(C)C)C(=O)O. The van der Waals surface area contributed by atoms with Gasteiger partial charge in [0.05, 0.1) is 11.8 Å². The van der Waals surface area contributed by atoms with Crippen LogP contribution in [0, 0.1) is 11.8 Å². The Morgan fingerprint density at radius 2 is 1.17 bits per heavy atom. The highest BCUT2D eigenvalue weighted by Crippen LogP contribution is 2.38. The maximum atomic E-state index is 12.3. The summed E-state index contributed by atoms with van der Waals surface area (Å²) in [6, 6.07) is 5.70. The van der Waals surface area contributed by atoms with Crippen LogP contribution >= 0.6 is 0 Å². The highest BCUT2D eigenvalue weighted by molar-refractivity contribution is 5.81. The second-order valence-electron chi connectivity index (χ2n) is 9.44. The number of hydrogen-bond acceptors (Lipinski definition) is 2. The van der Waals surface area contributed by atoms with Crippen LogP contribution in [-0.4, -0.2) is 22.2 Å². The summed E-state index contributed by atoms with van der Waals surface area (Å²) >= 11 is 0. The first-order valence-electron chi connectivity index (χ1n) is 11.1. The Kier molecular flexibility index (Phi) is 10.4. The van der Waals surface area contributed by atoms with Crippen molar-refractivity contribution in [2.24, 2.45) is 11.8 Å². The molecule has 0 aliphatic carbocycles. The van der Waals surface area contributed by atoms with E-state index in [2.05, 4.69) is 27.7 Å². The Morgan fingerprint density at radius 1 is 0.724 bits per heavy atom. The van der Waals surface area contributed by atoms with E-state index in [4.69, 9.17) is 0 Å². The van der Waals surface area contributed by atoms with Gasteiger partial charge in [0.1, 0.15) is 0 Å². The highest BCUT2D eigenvalue weighted by Gasteiger charge is 2.31.